The molecule has 0 saturated heterocycles. The largest absolute Gasteiger partial charge is 0.402 e. The van der Waals surface area contributed by atoms with Gasteiger partial charge in [-0.25, -0.2) is 13.1 Å². The highest BCUT2D eigenvalue weighted by Gasteiger charge is 2.30. The standard InChI is InChI=1S/C14H15F3N4O3S2/c1-8(2)12-20-21-13(25-12)19-11(22)9-4-3-5-10(6-9)26(23,24)18-7-14(15,16)17/h3-6,8,18H,7H2,1-2H3,(H,19,21,22). The van der Waals surface area contributed by atoms with Crippen LogP contribution in [-0.4, -0.2) is 37.2 Å². The fraction of sp³-hybridized carbons (Fsp3) is 0.357. The van der Waals surface area contributed by atoms with E-state index >= 15 is 0 Å². The zero-order chi connectivity index (χ0) is 19.5. The number of benzene rings is 1. The molecule has 0 saturated carbocycles. The van der Waals surface area contributed by atoms with Gasteiger partial charge in [0.2, 0.25) is 15.2 Å². The molecular formula is C14H15F3N4O3S2. The summed E-state index contributed by atoms with van der Waals surface area (Å²) in [7, 11) is -4.40. The lowest BCUT2D eigenvalue weighted by molar-refractivity contribution is -0.121. The number of alkyl halides is 3. The first-order valence-corrected chi connectivity index (χ1v) is 9.59. The molecule has 0 aliphatic heterocycles. The van der Waals surface area contributed by atoms with Crippen LogP contribution in [0, 0.1) is 0 Å². The summed E-state index contributed by atoms with van der Waals surface area (Å²) in [5.74, 6) is -0.518. The molecule has 0 fully saturated rings. The quantitative estimate of drug-likeness (QED) is 0.765. The molecule has 1 amide bonds. The summed E-state index contributed by atoms with van der Waals surface area (Å²) in [6, 6.07) is 4.68. The van der Waals surface area contributed by atoms with Crippen LogP contribution in [0.3, 0.4) is 0 Å². The van der Waals surface area contributed by atoms with Crippen LogP contribution in [0.25, 0.3) is 0 Å². The van der Waals surface area contributed by atoms with Gasteiger partial charge in [0.05, 0.1) is 4.90 Å². The van der Waals surface area contributed by atoms with Crippen LogP contribution in [0.15, 0.2) is 29.2 Å². The topological polar surface area (TPSA) is 101 Å². The van der Waals surface area contributed by atoms with E-state index in [9.17, 15) is 26.4 Å². The minimum absolute atomic E-state index is 0.0406. The highest BCUT2D eigenvalue weighted by Crippen LogP contribution is 2.23. The first-order chi connectivity index (χ1) is 12.0. The van der Waals surface area contributed by atoms with Crippen LogP contribution < -0.4 is 10.0 Å². The summed E-state index contributed by atoms with van der Waals surface area (Å²) < 4.78 is 61.9. The minimum Gasteiger partial charge on any atom is -0.296 e. The lowest BCUT2D eigenvalue weighted by Crippen LogP contribution is -2.33. The van der Waals surface area contributed by atoms with Crippen molar-refractivity contribution in [3.05, 3.63) is 34.8 Å². The zero-order valence-corrected chi connectivity index (χ0v) is 15.3. The average Bonchev–Trinajstić information content (AvgIpc) is 3.01. The van der Waals surface area contributed by atoms with Gasteiger partial charge >= 0.3 is 6.18 Å². The van der Waals surface area contributed by atoms with Crippen molar-refractivity contribution in [2.45, 2.75) is 30.8 Å². The van der Waals surface area contributed by atoms with Crippen molar-refractivity contribution in [1.82, 2.24) is 14.9 Å². The van der Waals surface area contributed by atoms with Gasteiger partial charge in [0.15, 0.2) is 0 Å². The van der Waals surface area contributed by atoms with Crippen molar-refractivity contribution in [3.63, 3.8) is 0 Å². The Labute approximate surface area is 151 Å². The van der Waals surface area contributed by atoms with Crippen LogP contribution in [0.2, 0.25) is 0 Å². The van der Waals surface area contributed by atoms with Crippen LogP contribution in [0.5, 0.6) is 0 Å². The fourth-order valence-corrected chi connectivity index (χ4v) is 3.55. The van der Waals surface area contributed by atoms with Gasteiger partial charge in [-0.1, -0.05) is 31.3 Å². The average molecular weight is 408 g/mol. The summed E-state index contributed by atoms with van der Waals surface area (Å²) in [6.45, 7) is 2.12. The molecule has 142 valence electrons. The molecule has 7 nitrogen and oxygen atoms in total. The lowest BCUT2D eigenvalue weighted by Gasteiger charge is -2.10. The maximum Gasteiger partial charge on any atom is 0.402 e. The van der Waals surface area contributed by atoms with Crippen molar-refractivity contribution in [2.75, 3.05) is 11.9 Å². The smallest absolute Gasteiger partial charge is 0.296 e. The van der Waals surface area contributed by atoms with Gasteiger partial charge in [-0.2, -0.15) is 13.2 Å². The maximum absolute atomic E-state index is 12.2. The molecule has 26 heavy (non-hydrogen) atoms. The monoisotopic (exact) mass is 408 g/mol. The van der Waals surface area contributed by atoms with E-state index in [1.807, 2.05) is 13.8 Å². The second kappa shape index (κ2) is 7.68. The van der Waals surface area contributed by atoms with E-state index in [0.29, 0.717) is 5.01 Å². The Hall–Kier alpha value is -2.05. The van der Waals surface area contributed by atoms with Crippen molar-refractivity contribution in [1.29, 1.82) is 0 Å². The van der Waals surface area contributed by atoms with Gasteiger partial charge < -0.3 is 0 Å². The second-order valence-electron chi connectivity index (χ2n) is 5.52. The second-order valence-corrected chi connectivity index (χ2v) is 8.30. The number of rotatable bonds is 6. The number of halogens is 3. The molecule has 1 aromatic heterocycles. The molecule has 12 heteroatoms. The number of amides is 1. The molecule has 0 unspecified atom stereocenters. The van der Waals surface area contributed by atoms with Gasteiger partial charge in [-0.3, -0.25) is 10.1 Å². The Morgan fingerprint density at radius 3 is 2.54 bits per heavy atom. The Morgan fingerprint density at radius 2 is 1.96 bits per heavy atom. The van der Waals surface area contributed by atoms with Crippen molar-refractivity contribution in [3.8, 4) is 0 Å². The molecule has 0 radical (unpaired) electrons. The van der Waals surface area contributed by atoms with E-state index in [1.54, 1.807) is 0 Å². The number of carbonyl (C=O) groups excluding carboxylic acids is 1. The van der Waals surface area contributed by atoms with Crippen molar-refractivity contribution in [2.24, 2.45) is 0 Å². The molecule has 0 spiro atoms. The number of hydrogen-bond donors (Lipinski definition) is 2. The summed E-state index contributed by atoms with van der Waals surface area (Å²) in [6.07, 6.45) is -4.69. The van der Waals surface area contributed by atoms with Gasteiger partial charge in [-0.05, 0) is 18.2 Å². The molecule has 2 aromatic rings. The van der Waals surface area contributed by atoms with E-state index in [2.05, 4.69) is 15.5 Å². The first kappa shape index (κ1) is 20.3. The van der Waals surface area contributed by atoms with Gasteiger partial charge in [0.1, 0.15) is 11.6 Å². The van der Waals surface area contributed by atoms with Crippen LogP contribution in [0.4, 0.5) is 18.3 Å². The van der Waals surface area contributed by atoms with E-state index in [4.69, 9.17) is 0 Å². The number of sulfonamides is 1. The Morgan fingerprint density at radius 1 is 1.27 bits per heavy atom. The number of carbonyl (C=O) groups is 1. The Kier molecular flexibility index (Phi) is 5.98. The third-order valence-corrected chi connectivity index (χ3v) is 5.56. The third-order valence-electron chi connectivity index (χ3n) is 3.02. The number of hydrogen-bond acceptors (Lipinski definition) is 6. The molecule has 0 bridgehead atoms. The highest BCUT2D eigenvalue weighted by molar-refractivity contribution is 7.89. The van der Waals surface area contributed by atoms with E-state index in [1.165, 1.54) is 28.2 Å². The van der Waals surface area contributed by atoms with Crippen molar-refractivity contribution >= 4 is 32.4 Å². The Bertz CT molecular complexity index is 895. The summed E-state index contributed by atoms with van der Waals surface area (Å²) in [5, 5.41) is 11.2. The SMILES string of the molecule is CC(C)c1nnc(NC(=O)c2cccc(S(=O)(=O)NCC(F)(F)F)c2)s1. The summed E-state index contributed by atoms with van der Waals surface area (Å²) in [4.78, 5) is 11.8. The molecular weight excluding hydrogens is 393 g/mol. The summed E-state index contributed by atoms with van der Waals surface area (Å²) in [5.41, 5.74) is -0.0406. The van der Waals surface area contributed by atoms with Gasteiger partial charge in [-0.15, -0.1) is 10.2 Å². The maximum atomic E-state index is 12.2. The van der Waals surface area contributed by atoms with Crippen molar-refractivity contribution < 1.29 is 26.4 Å². The predicted octanol–water partition coefficient (Wildman–Crippen LogP) is 2.75. The first-order valence-electron chi connectivity index (χ1n) is 7.29. The van der Waals surface area contributed by atoms with Crippen LogP contribution in [-0.2, 0) is 10.0 Å². The molecule has 0 aliphatic carbocycles. The molecule has 0 aliphatic rings. The van der Waals surface area contributed by atoms with E-state index in [0.717, 1.165) is 12.1 Å². The molecule has 0 atom stereocenters. The van der Waals surface area contributed by atoms with Crippen LogP contribution in [0.1, 0.15) is 35.1 Å². The number of nitrogens with zero attached hydrogens (tertiary/aromatic N) is 2. The molecule has 2 rings (SSSR count). The zero-order valence-electron chi connectivity index (χ0n) is 13.7. The van der Waals surface area contributed by atoms with E-state index in [-0.39, 0.29) is 16.6 Å². The highest BCUT2D eigenvalue weighted by atomic mass is 32.2. The van der Waals surface area contributed by atoms with Crippen LogP contribution >= 0.6 is 11.3 Å². The molecule has 1 aromatic carbocycles. The molecule has 2 N–H and O–H groups in total. The minimum atomic E-state index is -4.69. The third kappa shape index (κ3) is 5.47. The lowest BCUT2D eigenvalue weighted by atomic mass is 10.2. The fourth-order valence-electron chi connectivity index (χ4n) is 1.75. The van der Waals surface area contributed by atoms with Gasteiger partial charge in [0, 0.05) is 11.5 Å². The summed E-state index contributed by atoms with van der Waals surface area (Å²) >= 11 is 1.17. The predicted molar refractivity (Wildman–Crippen MR) is 89.6 cm³/mol. The number of anilines is 1. The van der Waals surface area contributed by atoms with Gasteiger partial charge in [0.25, 0.3) is 5.91 Å². The molecule has 1 heterocycles. The van der Waals surface area contributed by atoms with E-state index < -0.39 is 33.5 Å². The Balaban J connectivity index is 2.15. The normalized spacial score (nSPS) is 12.4. The number of aromatic nitrogens is 2. The number of nitrogens with one attached hydrogen (secondary N) is 2.